The van der Waals surface area contributed by atoms with Crippen molar-refractivity contribution in [3.8, 4) is 0 Å². The molecule has 0 bridgehead atoms. The molecule has 4 rings (SSSR count). The fourth-order valence-electron chi connectivity index (χ4n) is 4.30. The average molecular weight is 375 g/mol. The Bertz CT molecular complexity index is 834. The first-order chi connectivity index (χ1) is 12.4. The lowest BCUT2D eigenvalue weighted by Gasteiger charge is -2.27. The number of sulfonamides is 1. The highest BCUT2D eigenvalue weighted by atomic mass is 32.2. The second kappa shape index (κ2) is 6.51. The highest BCUT2D eigenvalue weighted by Crippen LogP contribution is 2.43. The van der Waals surface area contributed by atoms with E-state index in [0.717, 1.165) is 13.0 Å². The Kier molecular flexibility index (Phi) is 4.45. The third-order valence-electron chi connectivity index (χ3n) is 5.93. The Labute approximate surface area is 155 Å². The molecule has 0 amide bonds. The van der Waals surface area contributed by atoms with Crippen LogP contribution in [0.1, 0.15) is 19.8 Å². The lowest BCUT2D eigenvalue weighted by Crippen LogP contribution is -2.48. The first-order valence-corrected chi connectivity index (χ1v) is 10.7. The van der Waals surface area contributed by atoms with Gasteiger partial charge in [0.1, 0.15) is 4.75 Å². The molecular formula is C20H26N2O3S. The monoisotopic (exact) mass is 374 g/mol. The fourth-order valence-corrected chi connectivity index (χ4v) is 6.59. The highest BCUT2D eigenvalue weighted by molar-refractivity contribution is 7.94. The van der Waals surface area contributed by atoms with Crippen molar-refractivity contribution in [3.05, 3.63) is 54.1 Å². The summed E-state index contributed by atoms with van der Waals surface area (Å²) in [5.41, 5.74) is 1.87. The maximum atomic E-state index is 13.3. The summed E-state index contributed by atoms with van der Waals surface area (Å²) < 4.78 is 26.9. The first kappa shape index (κ1) is 17.8. The van der Waals surface area contributed by atoms with Crippen molar-refractivity contribution in [2.75, 3.05) is 30.5 Å². The molecule has 1 spiro atoms. The molecule has 2 aliphatic heterocycles. The van der Waals surface area contributed by atoms with E-state index in [1.165, 1.54) is 9.88 Å². The normalized spacial score (nSPS) is 33.8. The van der Waals surface area contributed by atoms with Gasteiger partial charge < -0.3 is 5.11 Å². The molecule has 3 atom stereocenters. The van der Waals surface area contributed by atoms with Crippen molar-refractivity contribution in [3.63, 3.8) is 0 Å². The zero-order valence-electron chi connectivity index (χ0n) is 15.1. The van der Waals surface area contributed by atoms with E-state index in [-0.39, 0.29) is 6.54 Å². The van der Waals surface area contributed by atoms with Crippen molar-refractivity contribution >= 4 is 15.7 Å². The minimum absolute atomic E-state index is 0.139. The molecule has 26 heavy (non-hydrogen) atoms. The van der Waals surface area contributed by atoms with E-state index in [1.54, 1.807) is 12.1 Å². The number of anilines is 1. The number of benzene rings is 1. The van der Waals surface area contributed by atoms with Crippen molar-refractivity contribution < 1.29 is 13.5 Å². The van der Waals surface area contributed by atoms with Crippen LogP contribution in [0.3, 0.4) is 0 Å². The van der Waals surface area contributed by atoms with Gasteiger partial charge in [-0.3, -0.25) is 9.21 Å². The Morgan fingerprint density at radius 3 is 2.73 bits per heavy atom. The van der Waals surface area contributed by atoms with E-state index in [1.807, 2.05) is 18.2 Å². The Hall–Kier alpha value is -1.63. The van der Waals surface area contributed by atoms with E-state index < -0.39 is 20.9 Å². The van der Waals surface area contributed by atoms with E-state index in [2.05, 4.69) is 30.1 Å². The predicted molar refractivity (Wildman–Crippen MR) is 104 cm³/mol. The number of likely N-dealkylation sites (tertiary alicyclic amines) is 1. The summed E-state index contributed by atoms with van der Waals surface area (Å²) in [4.78, 5) is 2.17. The number of β-amino-alcohol motifs (C(OH)–C–C–N with tert-alkyl or cyclic N) is 1. The van der Waals surface area contributed by atoms with Crippen LogP contribution < -0.4 is 4.31 Å². The lowest BCUT2D eigenvalue weighted by atomic mass is 9.98. The summed E-state index contributed by atoms with van der Waals surface area (Å²) >= 11 is 0. The minimum atomic E-state index is -3.61. The van der Waals surface area contributed by atoms with Gasteiger partial charge in [-0.05, 0) is 36.5 Å². The summed E-state index contributed by atoms with van der Waals surface area (Å²) in [5, 5.41) is 10.7. The molecule has 2 fully saturated rings. The minimum Gasteiger partial charge on any atom is -0.389 e. The van der Waals surface area contributed by atoms with Crippen LogP contribution in [0.5, 0.6) is 0 Å². The number of aliphatic hydroxyl groups excluding tert-OH is 1. The van der Waals surface area contributed by atoms with Gasteiger partial charge in [0.25, 0.3) is 0 Å². The second-order valence-corrected chi connectivity index (χ2v) is 9.97. The molecular weight excluding hydrogens is 348 g/mol. The van der Waals surface area contributed by atoms with Gasteiger partial charge in [0.15, 0.2) is 0 Å². The van der Waals surface area contributed by atoms with Gasteiger partial charge in [-0.2, -0.15) is 0 Å². The molecule has 1 aromatic carbocycles. The maximum Gasteiger partial charge on any atom is 0.244 e. The number of nitrogens with zero attached hydrogens (tertiary/aromatic N) is 2. The molecule has 2 saturated heterocycles. The number of hydrogen-bond donors (Lipinski definition) is 1. The van der Waals surface area contributed by atoms with Gasteiger partial charge in [0.05, 0.1) is 18.3 Å². The zero-order chi connectivity index (χ0) is 18.4. The summed E-state index contributed by atoms with van der Waals surface area (Å²) in [6, 6.07) is 9.09. The van der Waals surface area contributed by atoms with Crippen LogP contribution in [0, 0.1) is 5.92 Å². The Morgan fingerprint density at radius 2 is 2.04 bits per heavy atom. The fraction of sp³-hybridized carbons (Fsp3) is 0.500. The van der Waals surface area contributed by atoms with Gasteiger partial charge in [-0.25, -0.2) is 8.42 Å². The standard InChI is InChI=1S/C20H26N2O3S/c1-16-7-9-17(10-8-16)13-21-12-11-20(15-21)19(23)14-22(26(20,24)25)18-5-3-2-4-6-18/h2-7,9-10,16,19,23H,8,11-15H2,1H3/t16?,19-,20+/m0/s1. The van der Waals surface area contributed by atoms with Gasteiger partial charge in [-0.1, -0.05) is 43.4 Å². The van der Waals surface area contributed by atoms with E-state index in [9.17, 15) is 13.5 Å². The van der Waals surface area contributed by atoms with Crippen molar-refractivity contribution in [1.82, 2.24) is 4.90 Å². The molecule has 0 aromatic heterocycles. The van der Waals surface area contributed by atoms with Gasteiger partial charge in [0, 0.05) is 19.6 Å². The Morgan fingerprint density at radius 1 is 1.27 bits per heavy atom. The van der Waals surface area contributed by atoms with Gasteiger partial charge in [-0.15, -0.1) is 0 Å². The molecule has 1 aromatic rings. The van der Waals surface area contributed by atoms with Gasteiger partial charge >= 0.3 is 0 Å². The first-order valence-electron chi connectivity index (χ1n) is 9.27. The maximum absolute atomic E-state index is 13.3. The van der Waals surface area contributed by atoms with Crippen LogP contribution in [0.25, 0.3) is 0 Å². The summed E-state index contributed by atoms with van der Waals surface area (Å²) in [6.07, 6.45) is 7.24. The molecule has 1 aliphatic carbocycles. The van der Waals surface area contributed by atoms with Gasteiger partial charge in [0.2, 0.25) is 10.0 Å². The van der Waals surface area contributed by atoms with Crippen LogP contribution >= 0.6 is 0 Å². The number of para-hydroxylation sites is 1. The predicted octanol–water partition coefficient (Wildman–Crippen LogP) is 2.16. The van der Waals surface area contributed by atoms with E-state index in [4.69, 9.17) is 0 Å². The van der Waals surface area contributed by atoms with Crippen LogP contribution in [0.15, 0.2) is 54.1 Å². The molecule has 1 N–H and O–H groups in total. The van der Waals surface area contributed by atoms with Crippen LogP contribution in [0.4, 0.5) is 5.69 Å². The average Bonchev–Trinajstić information content (AvgIpc) is 3.14. The largest absolute Gasteiger partial charge is 0.389 e. The van der Waals surface area contributed by atoms with Crippen molar-refractivity contribution in [2.45, 2.75) is 30.6 Å². The van der Waals surface area contributed by atoms with E-state index in [0.29, 0.717) is 31.1 Å². The number of aliphatic hydroxyl groups is 1. The highest BCUT2D eigenvalue weighted by Gasteiger charge is 2.61. The summed E-state index contributed by atoms with van der Waals surface area (Å²) in [5.74, 6) is 0.570. The molecule has 140 valence electrons. The SMILES string of the molecule is CC1C=CC(CN2CC[C@@]3(C2)[C@@H](O)CN(c2ccccc2)S3(=O)=O)=CC1. The van der Waals surface area contributed by atoms with Crippen LogP contribution in [-0.2, 0) is 10.0 Å². The van der Waals surface area contributed by atoms with Crippen LogP contribution in [0.2, 0.25) is 0 Å². The molecule has 2 heterocycles. The molecule has 1 unspecified atom stereocenters. The van der Waals surface area contributed by atoms with E-state index >= 15 is 0 Å². The van der Waals surface area contributed by atoms with Crippen molar-refractivity contribution in [1.29, 1.82) is 0 Å². The molecule has 6 heteroatoms. The third-order valence-corrected chi connectivity index (χ3v) is 8.51. The molecule has 0 radical (unpaired) electrons. The Balaban J connectivity index is 1.54. The smallest absolute Gasteiger partial charge is 0.244 e. The number of allylic oxidation sites excluding steroid dienone is 2. The lowest BCUT2D eigenvalue weighted by molar-refractivity contribution is 0.144. The number of rotatable bonds is 3. The van der Waals surface area contributed by atoms with Crippen molar-refractivity contribution in [2.24, 2.45) is 5.92 Å². The molecule has 5 nitrogen and oxygen atoms in total. The zero-order valence-corrected chi connectivity index (χ0v) is 15.9. The quantitative estimate of drug-likeness (QED) is 0.881. The second-order valence-electron chi connectivity index (χ2n) is 7.76. The topological polar surface area (TPSA) is 60.9 Å². The number of hydrogen-bond acceptors (Lipinski definition) is 4. The van der Waals surface area contributed by atoms with Crippen LogP contribution in [-0.4, -0.2) is 55.5 Å². The third kappa shape index (κ3) is 2.80. The summed E-state index contributed by atoms with van der Waals surface area (Å²) in [6.45, 7) is 4.16. The molecule has 0 saturated carbocycles. The molecule has 3 aliphatic rings. The summed E-state index contributed by atoms with van der Waals surface area (Å²) in [7, 11) is -3.61.